The highest BCUT2D eigenvalue weighted by atomic mass is 16.6. The van der Waals surface area contributed by atoms with Crippen molar-refractivity contribution in [1.29, 1.82) is 0 Å². The molecule has 2 aromatic carbocycles. The summed E-state index contributed by atoms with van der Waals surface area (Å²) in [4.78, 5) is 33.5. The van der Waals surface area contributed by atoms with Gasteiger partial charge in [-0.25, -0.2) is 4.79 Å². The van der Waals surface area contributed by atoms with E-state index in [0.717, 1.165) is 58.2 Å². The number of benzene rings is 2. The summed E-state index contributed by atoms with van der Waals surface area (Å²) in [6.45, 7) is 13.2. The zero-order chi connectivity index (χ0) is 30.4. The molecule has 6 rings (SSSR count). The Labute approximate surface area is 258 Å². The Morgan fingerprint density at radius 2 is 1.60 bits per heavy atom. The maximum absolute atomic E-state index is 14.2. The van der Waals surface area contributed by atoms with Gasteiger partial charge in [0.15, 0.2) is 0 Å². The van der Waals surface area contributed by atoms with Crippen molar-refractivity contribution in [3.63, 3.8) is 0 Å². The normalized spacial score (nSPS) is 26.7. The maximum atomic E-state index is 14.2. The highest BCUT2D eigenvalue weighted by Gasteiger charge is 2.52. The average molecular weight is 586 g/mol. The number of carbonyl (C=O) groups is 2. The summed E-state index contributed by atoms with van der Waals surface area (Å²) in [5.41, 5.74) is 3.89. The van der Waals surface area contributed by atoms with Gasteiger partial charge in [-0.05, 0) is 99.7 Å². The molecule has 2 amide bonds. The summed E-state index contributed by atoms with van der Waals surface area (Å²) in [7, 11) is 0. The molecule has 4 fully saturated rings. The standard InChI is InChI=1S/C37H51N3O3/c1-26(2)31-13-9-10-14-32(31)33-24-39(29-16-15-28(21-29)27-11-7-6-8-12-27)25-34(41)40(33)30-22-37(23-30)17-19-38(20-18-37)35(42)43-36(3,4)5/h6-14,26,28-30,33H,15-25H2,1-5H3. The molecular formula is C37H51N3O3. The van der Waals surface area contributed by atoms with E-state index >= 15 is 0 Å². The summed E-state index contributed by atoms with van der Waals surface area (Å²) >= 11 is 0. The van der Waals surface area contributed by atoms with Crippen molar-refractivity contribution in [1.82, 2.24) is 14.7 Å². The van der Waals surface area contributed by atoms with Crippen LogP contribution in [0.3, 0.4) is 0 Å². The van der Waals surface area contributed by atoms with Crippen LogP contribution in [-0.2, 0) is 9.53 Å². The topological polar surface area (TPSA) is 53.1 Å². The third-order valence-corrected chi connectivity index (χ3v) is 10.7. The molecule has 3 atom stereocenters. The van der Waals surface area contributed by atoms with E-state index in [1.807, 2.05) is 25.7 Å². The molecule has 0 bridgehead atoms. The third-order valence-electron chi connectivity index (χ3n) is 10.7. The number of rotatable bonds is 5. The second-order valence-corrected chi connectivity index (χ2v) is 15.1. The van der Waals surface area contributed by atoms with Crippen LogP contribution in [0.2, 0.25) is 0 Å². The molecule has 2 aliphatic heterocycles. The number of carbonyl (C=O) groups excluding carboxylic acids is 2. The summed E-state index contributed by atoms with van der Waals surface area (Å²) in [6, 6.07) is 20.6. The van der Waals surface area contributed by atoms with Crippen LogP contribution in [0, 0.1) is 5.41 Å². The summed E-state index contributed by atoms with van der Waals surface area (Å²) in [6.07, 6.45) is 7.36. The highest BCUT2D eigenvalue weighted by Crippen LogP contribution is 2.53. The van der Waals surface area contributed by atoms with Gasteiger partial charge in [0.1, 0.15) is 5.60 Å². The van der Waals surface area contributed by atoms with Gasteiger partial charge in [-0.15, -0.1) is 0 Å². The monoisotopic (exact) mass is 585 g/mol. The molecule has 2 saturated heterocycles. The lowest BCUT2D eigenvalue weighted by Gasteiger charge is -2.58. The fourth-order valence-corrected chi connectivity index (χ4v) is 8.48. The largest absolute Gasteiger partial charge is 0.444 e. The molecular weight excluding hydrogens is 534 g/mol. The number of amides is 2. The minimum absolute atomic E-state index is 0.0832. The molecule has 0 radical (unpaired) electrons. The van der Waals surface area contributed by atoms with E-state index in [1.165, 1.54) is 23.1 Å². The van der Waals surface area contributed by atoms with Crippen molar-refractivity contribution >= 4 is 12.0 Å². The van der Waals surface area contributed by atoms with Gasteiger partial charge in [-0.2, -0.15) is 0 Å². The summed E-state index contributed by atoms with van der Waals surface area (Å²) < 4.78 is 5.63. The lowest BCUT2D eigenvalue weighted by molar-refractivity contribution is -0.154. The zero-order valence-corrected chi connectivity index (χ0v) is 26.9. The van der Waals surface area contributed by atoms with Gasteiger partial charge >= 0.3 is 6.09 Å². The molecule has 43 heavy (non-hydrogen) atoms. The molecule has 232 valence electrons. The van der Waals surface area contributed by atoms with Crippen molar-refractivity contribution in [2.75, 3.05) is 26.2 Å². The second-order valence-electron chi connectivity index (χ2n) is 15.1. The van der Waals surface area contributed by atoms with Crippen LogP contribution in [-0.4, -0.2) is 70.6 Å². The first kappa shape index (κ1) is 30.2. The molecule has 0 aromatic heterocycles. The van der Waals surface area contributed by atoms with Crippen LogP contribution in [0.4, 0.5) is 4.79 Å². The van der Waals surface area contributed by atoms with Crippen molar-refractivity contribution in [2.24, 2.45) is 5.41 Å². The van der Waals surface area contributed by atoms with Crippen molar-refractivity contribution in [2.45, 2.75) is 115 Å². The van der Waals surface area contributed by atoms with Gasteiger partial charge in [0.25, 0.3) is 0 Å². The number of likely N-dealkylation sites (tertiary alicyclic amines) is 1. The van der Waals surface area contributed by atoms with E-state index in [1.54, 1.807) is 0 Å². The number of hydrogen-bond acceptors (Lipinski definition) is 4. The highest BCUT2D eigenvalue weighted by molar-refractivity contribution is 5.80. The molecule has 2 heterocycles. The fourth-order valence-electron chi connectivity index (χ4n) is 8.48. The van der Waals surface area contributed by atoms with E-state index in [0.29, 0.717) is 30.3 Å². The Morgan fingerprint density at radius 3 is 2.28 bits per heavy atom. The molecule has 2 saturated carbocycles. The number of hydrogen-bond donors (Lipinski definition) is 0. The van der Waals surface area contributed by atoms with E-state index < -0.39 is 5.60 Å². The summed E-state index contributed by atoms with van der Waals surface area (Å²) in [5.74, 6) is 1.28. The average Bonchev–Trinajstić information content (AvgIpc) is 3.46. The third kappa shape index (κ3) is 6.36. The van der Waals surface area contributed by atoms with Crippen LogP contribution in [0.15, 0.2) is 54.6 Å². The number of piperidine rings is 1. The van der Waals surface area contributed by atoms with E-state index in [9.17, 15) is 9.59 Å². The molecule has 2 aliphatic carbocycles. The maximum Gasteiger partial charge on any atom is 0.410 e. The Kier molecular flexibility index (Phi) is 8.36. The van der Waals surface area contributed by atoms with Gasteiger partial charge in [0.2, 0.25) is 5.91 Å². The Bertz CT molecular complexity index is 1290. The Hall–Kier alpha value is -2.86. The van der Waals surface area contributed by atoms with Gasteiger partial charge in [0, 0.05) is 31.7 Å². The molecule has 2 aromatic rings. The van der Waals surface area contributed by atoms with Gasteiger partial charge < -0.3 is 14.5 Å². The molecule has 0 N–H and O–H groups in total. The van der Waals surface area contributed by atoms with Crippen molar-refractivity contribution in [3.05, 3.63) is 71.3 Å². The van der Waals surface area contributed by atoms with Crippen molar-refractivity contribution in [3.8, 4) is 0 Å². The van der Waals surface area contributed by atoms with Crippen LogP contribution in [0.1, 0.15) is 114 Å². The Balaban J connectivity index is 1.17. The SMILES string of the molecule is CC(C)c1ccccc1C1CN(C2CCC(c3ccccc3)C2)CC(=O)N1C1CC2(CCN(C(=O)OC(C)(C)C)CC2)C1. The van der Waals surface area contributed by atoms with Crippen LogP contribution in [0.5, 0.6) is 0 Å². The number of nitrogens with zero attached hydrogens (tertiary/aromatic N) is 3. The van der Waals surface area contributed by atoms with Crippen LogP contribution in [0.25, 0.3) is 0 Å². The lowest BCUT2D eigenvalue weighted by atomic mass is 9.59. The predicted molar refractivity (Wildman–Crippen MR) is 171 cm³/mol. The number of piperazine rings is 1. The van der Waals surface area contributed by atoms with Gasteiger partial charge in [-0.3, -0.25) is 9.69 Å². The van der Waals surface area contributed by atoms with Crippen LogP contribution >= 0.6 is 0 Å². The van der Waals surface area contributed by atoms with Gasteiger partial charge in [0.05, 0.1) is 12.6 Å². The number of ether oxygens (including phenoxy) is 1. The quantitative estimate of drug-likeness (QED) is 0.364. The van der Waals surface area contributed by atoms with Gasteiger partial charge in [-0.1, -0.05) is 68.4 Å². The minimum atomic E-state index is -0.474. The second kappa shape index (κ2) is 11.9. The Morgan fingerprint density at radius 1 is 0.930 bits per heavy atom. The zero-order valence-electron chi connectivity index (χ0n) is 26.9. The minimum Gasteiger partial charge on any atom is -0.444 e. The molecule has 1 spiro atoms. The van der Waals surface area contributed by atoms with Crippen molar-refractivity contribution < 1.29 is 14.3 Å². The van der Waals surface area contributed by atoms with E-state index in [2.05, 4.69) is 78.2 Å². The lowest BCUT2D eigenvalue weighted by Crippen LogP contribution is -2.63. The molecule has 4 aliphatic rings. The summed E-state index contributed by atoms with van der Waals surface area (Å²) in [5, 5.41) is 0. The van der Waals surface area contributed by atoms with E-state index in [4.69, 9.17) is 4.74 Å². The van der Waals surface area contributed by atoms with Crippen LogP contribution < -0.4 is 0 Å². The first-order valence-electron chi connectivity index (χ1n) is 16.7. The first-order chi connectivity index (χ1) is 20.5. The molecule has 6 nitrogen and oxygen atoms in total. The first-order valence-corrected chi connectivity index (χ1v) is 16.7. The molecule has 3 unspecified atom stereocenters. The smallest absolute Gasteiger partial charge is 0.410 e. The molecule has 6 heteroatoms. The fraction of sp³-hybridized carbons (Fsp3) is 0.622. The van der Waals surface area contributed by atoms with E-state index in [-0.39, 0.29) is 23.6 Å². The predicted octanol–water partition coefficient (Wildman–Crippen LogP) is 7.51.